The topological polar surface area (TPSA) is 79.0 Å². The Kier molecular flexibility index (Phi) is 4.04. The minimum absolute atomic E-state index is 0.0243. The van der Waals surface area contributed by atoms with Gasteiger partial charge in [-0.3, -0.25) is 14.4 Å². The van der Waals surface area contributed by atoms with Gasteiger partial charge in [-0.1, -0.05) is 24.3 Å². The molecule has 0 fully saturated rings. The molecule has 2 heterocycles. The van der Waals surface area contributed by atoms with Gasteiger partial charge in [-0.15, -0.1) is 0 Å². The fourth-order valence-electron chi connectivity index (χ4n) is 3.20. The lowest BCUT2D eigenvalue weighted by Crippen LogP contribution is -2.45. The smallest absolute Gasteiger partial charge is 0.265 e. The molecule has 0 atom stereocenters. The van der Waals surface area contributed by atoms with Crippen LogP contribution in [0.5, 0.6) is 5.75 Å². The Morgan fingerprint density at radius 2 is 1.77 bits per heavy atom. The van der Waals surface area contributed by atoms with E-state index in [2.05, 4.69) is 5.32 Å². The molecule has 0 unspecified atom stereocenters. The second-order valence-corrected chi connectivity index (χ2v) is 6.10. The Hall–Kier alpha value is -3.35. The third-order valence-electron chi connectivity index (χ3n) is 4.43. The number of anilines is 3. The maximum atomic E-state index is 12.7. The van der Waals surface area contributed by atoms with Crippen LogP contribution in [0.3, 0.4) is 0 Å². The monoisotopic (exact) mass is 351 g/mol. The predicted molar refractivity (Wildman–Crippen MR) is 96.3 cm³/mol. The Bertz CT molecular complexity index is 896. The van der Waals surface area contributed by atoms with E-state index in [0.29, 0.717) is 22.8 Å². The zero-order valence-electron chi connectivity index (χ0n) is 14.0. The highest BCUT2D eigenvalue weighted by atomic mass is 16.5. The van der Waals surface area contributed by atoms with Crippen LogP contribution in [0.25, 0.3) is 0 Å². The lowest BCUT2D eigenvalue weighted by atomic mass is 10.1. The minimum Gasteiger partial charge on any atom is -0.482 e. The van der Waals surface area contributed by atoms with Gasteiger partial charge in [-0.25, -0.2) is 0 Å². The molecule has 0 aromatic heterocycles. The third kappa shape index (κ3) is 2.88. The van der Waals surface area contributed by atoms with E-state index in [0.717, 1.165) is 0 Å². The summed E-state index contributed by atoms with van der Waals surface area (Å²) in [5.74, 6) is 0.00412. The molecule has 2 aromatic rings. The van der Waals surface area contributed by atoms with E-state index in [4.69, 9.17) is 4.74 Å². The molecular weight excluding hydrogens is 334 g/mol. The normalized spacial score (nSPS) is 15.7. The number of para-hydroxylation sites is 4. The standard InChI is InChI=1S/C19H17N3O4/c23-17-11-22(14-6-2-1-5-13(14)20-17)18(24)9-10-21-15-7-3-4-8-16(15)26-12-19(21)25/h1-8H,9-12H2,(H,20,23). The Morgan fingerprint density at radius 3 is 2.62 bits per heavy atom. The molecule has 0 saturated heterocycles. The molecule has 0 aliphatic carbocycles. The number of hydrogen-bond donors (Lipinski definition) is 1. The average molecular weight is 351 g/mol. The van der Waals surface area contributed by atoms with Gasteiger partial charge in [0.2, 0.25) is 11.8 Å². The van der Waals surface area contributed by atoms with Crippen LogP contribution < -0.4 is 19.9 Å². The first-order chi connectivity index (χ1) is 12.6. The number of ether oxygens (including phenoxy) is 1. The van der Waals surface area contributed by atoms with Crippen LogP contribution in [0.15, 0.2) is 48.5 Å². The summed E-state index contributed by atoms with van der Waals surface area (Å²) in [6.07, 6.45) is 0.113. The molecule has 2 aliphatic heterocycles. The van der Waals surface area contributed by atoms with Crippen LogP contribution in [-0.4, -0.2) is 37.4 Å². The number of nitrogens with zero attached hydrogens (tertiary/aromatic N) is 2. The summed E-state index contributed by atoms with van der Waals surface area (Å²) >= 11 is 0. The first kappa shape index (κ1) is 16.1. The summed E-state index contributed by atoms with van der Waals surface area (Å²) < 4.78 is 5.41. The zero-order chi connectivity index (χ0) is 18.1. The van der Waals surface area contributed by atoms with Gasteiger partial charge in [0.25, 0.3) is 5.91 Å². The molecule has 0 spiro atoms. The van der Waals surface area contributed by atoms with E-state index in [1.165, 1.54) is 4.90 Å². The van der Waals surface area contributed by atoms with Crippen molar-refractivity contribution in [1.82, 2.24) is 0 Å². The van der Waals surface area contributed by atoms with Crippen LogP contribution >= 0.6 is 0 Å². The molecule has 26 heavy (non-hydrogen) atoms. The van der Waals surface area contributed by atoms with Crippen molar-refractivity contribution in [3.63, 3.8) is 0 Å². The Labute approximate surface area is 150 Å². The van der Waals surface area contributed by atoms with Crippen LogP contribution in [-0.2, 0) is 14.4 Å². The second kappa shape index (κ2) is 6.51. The van der Waals surface area contributed by atoms with E-state index >= 15 is 0 Å². The molecule has 2 aliphatic rings. The molecule has 0 radical (unpaired) electrons. The lowest BCUT2D eigenvalue weighted by Gasteiger charge is -2.32. The van der Waals surface area contributed by atoms with Gasteiger partial charge in [-0.2, -0.15) is 0 Å². The number of fused-ring (bicyclic) bond motifs is 2. The Morgan fingerprint density at radius 1 is 1.04 bits per heavy atom. The van der Waals surface area contributed by atoms with Gasteiger partial charge < -0.3 is 19.9 Å². The largest absolute Gasteiger partial charge is 0.482 e. The van der Waals surface area contributed by atoms with Crippen molar-refractivity contribution in [2.24, 2.45) is 0 Å². The second-order valence-electron chi connectivity index (χ2n) is 6.10. The van der Waals surface area contributed by atoms with Gasteiger partial charge in [0.1, 0.15) is 12.3 Å². The van der Waals surface area contributed by atoms with Gasteiger partial charge in [0.05, 0.1) is 17.1 Å². The molecule has 7 nitrogen and oxygen atoms in total. The quantitative estimate of drug-likeness (QED) is 0.914. The molecule has 0 saturated carbocycles. The summed E-state index contributed by atoms with van der Waals surface area (Å²) in [7, 11) is 0. The van der Waals surface area contributed by atoms with E-state index < -0.39 is 0 Å². The summed E-state index contributed by atoms with van der Waals surface area (Å²) in [6.45, 7) is 0.169. The van der Waals surface area contributed by atoms with Crippen LogP contribution in [0.1, 0.15) is 6.42 Å². The van der Waals surface area contributed by atoms with Crippen molar-refractivity contribution in [1.29, 1.82) is 0 Å². The van der Waals surface area contributed by atoms with Gasteiger partial charge in [0, 0.05) is 13.0 Å². The maximum absolute atomic E-state index is 12.7. The minimum atomic E-state index is -0.232. The molecule has 132 valence electrons. The molecule has 1 N–H and O–H groups in total. The molecule has 3 amide bonds. The molecular formula is C19H17N3O4. The van der Waals surface area contributed by atoms with Gasteiger partial charge in [-0.05, 0) is 24.3 Å². The number of benzene rings is 2. The van der Waals surface area contributed by atoms with Crippen LogP contribution in [0.4, 0.5) is 17.1 Å². The molecule has 4 rings (SSSR count). The average Bonchev–Trinajstić information content (AvgIpc) is 2.66. The first-order valence-electron chi connectivity index (χ1n) is 8.35. The highest BCUT2D eigenvalue weighted by molar-refractivity contribution is 6.10. The van der Waals surface area contributed by atoms with Crippen LogP contribution in [0.2, 0.25) is 0 Å². The fraction of sp³-hybridized carbons (Fsp3) is 0.211. The third-order valence-corrected chi connectivity index (χ3v) is 4.43. The SMILES string of the molecule is O=C1CN(C(=O)CCN2C(=O)COc3ccccc32)c2ccccc2N1. The number of rotatable bonds is 3. The summed E-state index contributed by atoms with van der Waals surface area (Å²) in [6, 6.07) is 14.4. The van der Waals surface area contributed by atoms with Gasteiger partial charge >= 0.3 is 0 Å². The zero-order valence-corrected chi connectivity index (χ0v) is 14.0. The summed E-state index contributed by atoms with van der Waals surface area (Å²) in [4.78, 5) is 39.9. The van der Waals surface area contributed by atoms with E-state index in [1.807, 2.05) is 18.2 Å². The van der Waals surface area contributed by atoms with Crippen molar-refractivity contribution in [3.8, 4) is 5.75 Å². The van der Waals surface area contributed by atoms with Crippen molar-refractivity contribution >= 4 is 34.8 Å². The Balaban J connectivity index is 1.51. The number of hydrogen-bond acceptors (Lipinski definition) is 4. The fourth-order valence-corrected chi connectivity index (χ4v) is 3.20. The van der Waals surface area contributed by atoms with Crippen molar-refractivity contribution in [3.05, 3.63) is 48.5 Å². The van der Waals surface area contributed by atoms with Gasteiger partial charge in [0.15, 0.2) is 6.61 Å². The predicted octanol–water partition coefficient (Wildman–Crippen LogP) is 1.79. The van der Waals surface area contributed by atoms with Crippen molar-refractivity contribution < 1.29 is 19.1 Å². The van der Waals surface area contributed by atoms with E-state index in [-0.39, 0.29) is 43.8 Å². The first-order valence-corrected chi connectivity index (χ1v) is 8.35. The van der Waals surface area contributed by atoms with Crippen molar-refractivity contribution in [2.75, 3.05) is 34.8 Å². The van der Waals surface area contributed by atoms with E-state index in [1.54, 1.807) is 35.2 Å². The number of carbonyl (C=O) groups excluding carboxylic acids is 3. The molecule has 0 bridgehead atoms. The number of amides is 3. The molecule has 2 aromatic carbocycles. The van der Waals surface area contributed by atoms with Crippen LogP contribution in [0, 0.1) is 0 Å². The number of carbonyl (C=O) groups is 3. The highest BCUT2D eigenvalue weighted by Gasteiger charge is 2.29. The summed E-state index contributed by atoms with van der Waals surface area (Å²) in [5.41, 5.74) is 1.95. The van der Waals surface area contributed by atoms with Crippen molar-refractivity contribution in [2.45, 2.75) is 6.42 Å². The molecule has 7 heteroatoms. The lowest BCUT2D eigenvalue weighted by molar-refractivity contribution is -0.122. The summed E-state index contributed by atoms with van der Waals surface area (Å²) in [5, 5.41) is 2.76. The number of nitrogens with one attached hydrogen (secondary N) is 1. The van der Waals surface area contributed by atoms with E-state index in [9.17, 15) is 14.4 Å². The maximum Gasteiger partial charge on any atom is 0.265 e. The highest BCUT2D eigenvalue weighted by Crippen LogP contribution is 2.32.